The largest absolute Gasteiger partial charge is 0.484 e. The third kappa shape index (κ3) is 4.37. The second kappa shape index (κ2) is 8.39. The third-order valence-corrected chi connectivity index (χ3v) is 4.24. The molecule has 0 fully saturated rings. The van der Waals surface area contributed by atoms with Crippen LogP contribution >= 0.6 is 0 Å². The zero-order chi connectivity index (χ0) is 20.1. The molecule has 0 bridgehead atoms. The summed E-state index contributed by atoms with van der Waals surface area (Å²) in [6.07, 6.45) is 0.681. The van der Waals surface area contributed by atoms with E-state index in [0.717, 1.165) is 10.9 Å². The lowest BCUT2D eigenvalue weighted by atomic mass is 10.1. The molecule has 1 heterocycles. The number of carbonyl (C=O) groups excluding carboxylic acids is 1. The van der Waals surface area contributed by atoms with E-state index in [9.17, 15) is 19.5 Å². The molecule has 0 spiro atoms. The van der Waals surface area contributed by atoms with Crippen molar-refractivity contribution in [2.75, 3.05) is 6.61 Å². The Bertz CT molecular complexity index is 1060. The molecule has 3 aromatic rings. The van der Waals surface area contributed by atoms with Gasteiger partial charge in [0.25, 0.3) is 5.91 Å². The molecule has 2 N–H and O–H groups in total. The topological polar surface area (TPSA) is 106 Å². The Kier molecular flexibility index (Phi) is 5.74. The van der Waals surface area contributed by atoms with Crippen molar-refractivity contribution in [3.63, 3.8) is 0 Å². The molecule has 0 aliphatic rings. The molecular formula is C21H19NO6. The lowest BCUT2D eigenvalue weighted by molar-refractivity contribution is -0.142. The summed E-state index contributed by atoms with van der Waals surface area (Å²) in [5.74, 6) is -1.41. The minimum absolute atomic E-state index is 0.339. The summed E-state index contributed by atoms with van der Waals surface area (Å²) in [7, 11) is 0. The fraction of sp³-hybridized carbons (Fsp3) is 0.190. The quantitative estimate of drug-likeness (QED) is 0.610. The summed E-state index contributed by atoms with van der Waals surface area (Å²) in [5, 5.41) is 12.6. The van der Waals surface area contributed by atoms with Crippen LogP contribution in [0.15, 0.2) is 63.8 Å². The Morgan fingerprint density at radius 2 is 1.89 bits per heavy atom. The highest BCUT2D eigenvalue weighted by Gasteiger charge is 2.22. The summed E-state index contributed by atoms with van der Waals surface area (Å²) >= 11 is 0. The van der Waals surface area contributed by atoms with Crippen LogP contribution in [-0.2, 0) is 16.0 Å². The first-order valence-corrected chi connectivity index (χ1v) is 8.74. The number of rotatable bonds is 7. The maximum atomic E-state index is 12.1. The molecule has 2 aromatic carbocycles. The number of carbonyl (C=O) groups is 2. The van der Waals surface area contributed by atoms with Crippen LogP contribution in [0.2, 0.25) is 0 Å². The van der Waals surface area contributed by atoms with E-state index in [-0.39, 0.29) is 6.61 Å². The standard InChI is InChI=1S/C21H19NO6/c1-2-13-10-19(24)28-17-11-15(8-9-16(13)17)27-12-18(23)22-20(21(25)26)14-6-4-3-5-7-14/h3-11,20H,2,12H2,1H3,(H,22,23)(H,25,26)/t20-/m0/s1. The number of aliphatic carboxylic acids is 1. The van der Waals surface area contributed by atoms with E-state index in [4.69, 9.17) is 9.15 Å². The Morgan fingerprint density at radius 1 is 1.14 bits per heavy atom. The molecule has 7 heteroatoms. The lowest BCUT2D eigenvalue weighted by Crippen LogP contribution is -2.36. The molecule has 0 aliphatic heterocycles. The maximum absolute atomic E-state index is 12.1. The van der Waals surface area contributed by atoms with Gasteiger partial charge in [0.05, 0.1) is 0 Å². The number of aryl methyl sites for hydroxylation is 1. The molecular weight excluding hydrogens is 362 g/mol. The van der Waals surface area contributed by atoms with Crippen molar-refractivity contribution in [2.24, 2.45) is 0 Å². The number of hydrogen-bond donors (Lipinski definition) is 2. The van der Waals surface area contributed by atoms with E-state index in [1.165, 1.54) is 12.1 Å². The summed E-state index contributed by atoms with van der Waals surface area (Å²) in [4.78, 5) is 35.2. The van der Waals surface area contributed by atoms with E-state index in [1.807, 2.05) is 6.92 Å². The van der Waals surface area contributed by atoms with Gasteiger partial charge in [-0.25, -0.2) is 9.59 Å². The molecule has 1 atom stereocenters. The van der Waals surface area contributed by atoms with Crippen molar-refractivity contribution in [2.45, 2.75) is 19.4 Å². The molecule has 0 radical (unpaired) electrons. The van der Waals surface area contributed by atoms with Gasteiger partial charge in [0.1, 0.15) is 11.3 Å². The Balaban J connectivity index is 1.70. The van der Waals surface area contributed by atoms with Gasteiger partial charge in [-0.2, -0.15) is 0 Å². The third-order valence-electron chi connectivity index (χ3n) is 4.24. The van der Waals surface area contributed by atoms with Crippen molar-refractivity contribution >= 4 is 22.8 Å². The van der Waals surface area contributed by atoms with Gasteiger partial charge in [0.15, 0.2) is 12.6 Å². The molecule has 0 saturated carbocycles. The van der Waals surface area contributed by atoms with E-state index in [2.05, 4.69) is 5.32 Å². The van der Waals surface area contributed by atoms with Crippen molar-refractivity contribution in [3.05, 3.63) is 76.1 Å². The van der Waals surface area contributed by atoms with Gasteiger partial charge in [-0.05, 0) is 29.7 Å². The molecule has 0 unspecified atom stereocenters. The second-order valence-electron chi connectivity index (χ2n) is 6.14. The molecule has 28 heavy (non-hydrogen) atoms. The predicted octanol–water partition coefficient (Wildman–Crippen LogP) is 2.68. The predicted molar refractivity (Wildman–Crippen MR) is 102 cm³/mol. The van der Waals surface area contributed by atoms with Crippen molar-refractivity contribution in [1.29, 1.82) is 0 Å². The Morgan fingerprint density at radius 3 is 2.57 bits per heavy atom. The number of carboxylic acids is 1. The van der Waals surface area contributed by atoms with Gasteiger partial charge in [0.2, 0.25) is 0 Å². The molecule has 7 nitrogen and oxygen atoms in total. The van der Waals surface area contributed by atoms with Crippen LogP contribution in [0.5, 0.6) is 5.75 Å². The van der Waals surface area contributed by atoms with Crippen LogP contribution in [0.3, 0.4) is 0 Å². The van der Waals surface area contributed by atoms with Crippen LogP contribution in [0, 0.1) is 0 Å². The minimum Gasteiger partial charge on any atom is -0.484 e. The zero-order valence-electron chi connectivity index (χ0n) is 15.2. The smallest absolute Gasteiger partial charge is 0.336 e. The first-order valence-electron chi connectivity index (χ1n) is 8.74. The van der Waals surface area contributed by atoms with E-state index in [1.54, 1.807) is 42.5 Å². The molecule has 1 amide bonds. The lowest BCUT2D eigenvalue weighted by Gasteiger charge is -2.15. The highest BCUT2D eigenvalue weighted by atomic mass is 16.5. The Labute approximate surface area is 160 Å². The number of amides is 1. The summed E-state index contributed by atoms with van der Waals surface area (Å²) in [6, 6.07) is 13.6. The average molecular weight is 381 g/mol. The van der Waals surface area contributed by atoms with Crippen LogP contribution in [0.1, 0.15) is 24.1 Å². The van der Waals surface area contributed by atoms with Gasteiger partial charge in [-0.3, -0.25) is 4.79 Å². The molecule has 3 rings (SSSR count). The van der Waals surface area contributed by atoms with Gasteiger partial charge >= 0.3 is 11.6 Å². The van der Waals surface area contributed by atoms with Crippen LogP contribution in [0.4, 0.5) is 0 Å². The summed E-state index contributed by atoms with van der Waals surface area (Å²) < 4.78 is 10.6. The first kappa shape index (κ1) is 19.2. The van der Waals surface area contributed by atoms with Gasteiger partial charge in [-0.15, -0.1) is 0 Å². The molecule has 144 valence electrons. The number of carboxylic acid groups (broad SMARTS) is 1. The number of fused-ring (bicyclic) bond motifs is 1. The summed E-state index contributed by atoms with van der Waals surface area (Å²) in [5.41, 5.74) is 1.24. The van der Waals surface area contributed by atoms with E-state index < -0.39 is 23.5 Å². The summed E-state index contributed by atoms with van der Waals surface area (Å²) in [6.45, 7) is 1.56. The molecule has 1 aromatic heterocycles. The first-order chi connectivity index (χ1) is 13.5. The van der Waals surface area contributed by atoms with Crippen LogP contribution in [-0.4, -0.2) is 23.6 Å². The SMILES string of the molecule is CCc1cc(=O)oc2cc(OCC(=O)N[C@H](C(=O)O)c3ccccc3)ccc12. The number of ether oxygens (including phenoxy) is 1. The van der Waals surface area contributed by atoms with Gasteiger partial charge in [0, 0.05) is 17.5 Å². The fourth-order valence-corrected chi connectivity index (χ4v) is 2.88. The maximum Gasteiger partial charge on any atom is 0.336 e. The van der Waals surface area contributed by atoms with Gasteiger partial charge < -0.3 is 19.6 Å². The fourth-order valence-electron chi connectivity index (χ4n) is 2.88. The monoisotopic (exact) mass is 381 g/mol. The van der Waals surface area contributed by atoms with Crippen molar-refractivity contribution in [3.8, 4) is 5.75 Å². The number of benzene rings is 2. The van der Waals surface area contributed by atoms with E-state index >= 15 is 0 Å². The minimum atomic E-state index is -1.17. The van der Waals surface area contributed by atoms with Gasteiger partial charge in [-0.1, -0.05) is 37.3 Å². The van der Waals surface area contributed by atoms with Crippen LogP contribution < -0.4 is 15.7 Å². The van der Waals surface area contributed by atoms with Crippen LogP contribution in [0.25, 0.3) is 11.0 Å². The second-order valence-corrected chi connectivity index (χ2v) is 6.14. The van der Waals surface area contributed by atoms with Crippen molar-refractivity contribution < 1.29 is 23.8 Å². The normalized spacial score (nSPS) is 11.8. The Hall–Kier alpha value is -3.61. The zero-order valence-corrected chi connectivity index (χ0v) is 15.2. The molecule has 0 saturated heterocycles. The highest BCUT2D eigenvalue weighted by molar-refractivity contribution is 5.85. The molecule has 0 aliphatic carbocycles. The average Bonchev–Trinajstić information content (AvgIpc) is 2.69. The van der Waals surface area contributed by atoms with Crippen molar-refractivity contribution in [1.82, 2.24) is 5.32 Å². The highest BCUT2D eigenvalue weighted by Crippen LogP contribution is 2.23. The number of hydrogen-bond acceptors (Lipinski definition) is 5. The number of nitrogens with one attached hydrogen (secondary N) is 1. The van der Waals surface area contributed by atoms with E-state index in [0.29, 0.717) is 23.3 Å².